The molecule has 1 aromatic heterocycles. The lowest BCUT2D eigenvalue weighted by atomic mass is 10.1. The third-order valence-corrected chi connectivity index (χ3v) is 6.14. The predicted molar refractivity (Wildman–Crippen MR) is 124 cm³/mol. The standard InChI is InChI=1S/C22H22Cl2N4OS/c1-4-12-28-20(16-8-6-5-7-9-16)26-27-22(28)30-15(3)21(29)25-14(2)18-11-10-17(23)13-19(18)24/h4-11,13-15H,1,12H2,2-3H3,(H,25,29)/t14-,15-/m0/s1. The monoisotopic (exact) mass is 460 g/mol. The van der Waals surface area contributed by atoms with Gasteiger partial charge in [-0.15, -0.1) is 16.8 Å². The smallest absolute Gasteiger partial charge is 0.233 e. The van der Waals surface area contributed by atoms with Gasteiger partial charge in [-0.2, -0.15) is 0 Å². The largest absolute Gasteiger partial charge is 0.349 e. The maximum absolute atomic E-state index is 12.8. The Morgan fingerprint density at radius 1 is 1.20 bits per heavy atom. The third kappa shape index (κ3) is 5.25. The van der Waals surface area contributed by atoms with E-state index in [2.05, 4.69) is 22.1 Å². The van der Waals surface area contributed by atoms with Crippen LogP contribution in [0.3, 0.4) is 0 Å². The molecule has 0 aliphatic carbocycles. The molecule has 0 bridgehead atoms. The number of thioether (sulfide) groups is 1. The van der Waals surface area contributed by atoms with Crippen molar-refractivity contribution in [3.8, 4) is 11.4 Å². The summed E-state index contributed by atoms with van der Waals surface area (Å²) in [7, 11) is 0. The summed E-state index contributed by atoms with van der Waals surface area (Å²) in [5.74, 6) is 0.625. The number of rotatable bonds is 8. The first-order valence-corrected chi connectivity index (χ1v) is 11.1. The summed E-state index contributed by atoms with van der Waals surface area (Å²) < 4.78 is 1.95. The molecule has 0 spiro atoms. The van der Waals surface area contributed by atoms with Gasteiger partial charge in [0.05, 0.1) is 11.3 Å². The van der Waals surface area contributed by atoms with Crippen LogP contribution in [-0.2, 0) is 11.3 Å². The van der Waals surface area contributed by atoms with Gasteiger partial charge in [0.2, 0.25) is 5.91 Å². The first kappa shape index (κ1) is 22.4. The van der Waals surface area contributed by atoms with E-state index in [1.165, 1.54) is 11.8 Å². The molecule has 2 aromatic carbocycles. The zero-order chi connectivity index (χ0) is 21.7. The van der Waals surface area contributed by atoms with Gasteiger partial charge < -0.3 is 5.32 Å². The fraction of sp³-hybridized carbons (Fsp3) is 0.227. The summed E-state index contributed by atoms with van der Waals surface area (Å²) >= 11 is 13.6. The Bertz CT molecular complexity index is 1040. The van der Waals surface area contributed by atoms with Gasteiger partial charge in [-0.1, -0.05) is 77.4 Å². The minimum absolute atomic E-state index is 0.118. The fourth-order valence-electron chi connectivity index (χ4n) is 2.94. The van der Waals surface area contributed by atoms with Crippen LogP contribution >= 0.6 is 35.0 Å². The number of aromatic nitrogens is 3. The normalized spacial score (nSPS) is 12.9. The fourth-order valence-corrected chi connectivity index (χ4v) is 4.38. The number of amides is 1. The van der Waals surface area contributed by atoms with Crippen molar-refractivity contribution in [1.82, 2.24) is 20.1 Å². The van der Waals surface area contributed by atoms with E-state index < -0.39 is 0 Å². The number of carbonyl (C=O) groups excluding carboxylic acids is 1. The van der Waals surface area contributed by atoms with Crippen LogP contribution < -0.4 is 5.32 Å². The Labute approximate surface area is 190 Å². The van der Waals surface area contributed by atoms with Crippen LogP contribution in [-0.4, -0.2) is 25.9 Å². The van der Waals surface area contributed by atoms with Gasteiger partial charge in [0.15, 0.2) is 11.0 Å². The molecule has 1 N–H and O–H groups in total. The second-order valence-corrected chi connectivity index (χ2v) is 8.88. The SMILES string of the molecule is C=CCn1c(S[C@@H](C)C(=O)N[C@@H](C)c2ccc(Cl)cc2Cl)nnc1-c1ccccc1. The topological polar surface area (TPSA) is 59.8 Å². The van der Waals surface area contributed by atoms with Crippen molar-refractivity contribution >= 4 is 40.9 Å². The Balaban J connectivity index is 1.73. The van der Waals surface area contributed by atoms with Gasteiger partial charge in [0.25, 0.3) is 0 Å². The summed E-state index contributed by atoms with van der Waals surface area (Å²) in [6.45, 7) is 8.10. The highest BCUT2D eigenvalue weighted by atomic mass is 35.5. The minimum Gasteiger partial charge on any atom is -0.349 e. The van der Waals surface area contributed by atoms with Crippen molar-refractivity contribution in [2.75, 3.05) is 0 Å². The van der Waals surface area contributed by atoms with E-state index >= 15 is 0 Å². The van der Waals surface area contributed by atoms with Gasteiger partial charge in [0.1, 0.15) is 0 Å². The van der Waals surface area contributed by atoms with Crippen LogP contribution in [0.1, 0.15) is 25.5 Å². The quantitative estimate of drug-likeness (QED) is 0.341. The highest BCUT2D eigenvalue weighted by molar-refractivity contribution is 8.00. The maximum Gasteiger partial charge on any atom is 0.233 e. The van der Waals surface area contributed by atoms with E-state index in [1.807, 2.05) is 54.8 Å². The number of hydrogen-bond acceptors (Lipinski definition) is 4. The molecule has 0 saturated heterocycles. The molecule has 8 heteroatoms. The van der Waals surface area contributed by atoms with Crippen LogP contribution in [0.25, 0.3) is 11.4 Å². The summed E-state index contributed by atoms with van der Waals surface area (Å²) in [5, 5.41) is 13.0. The Kier molecular flexibility index (Phi) is 7.58. The molecule has 156 valence electrons. The lowest BCUT2D eigenvalue weighted by Crippen LogP contribution is -2.33. The molecule has 3 aromatic rings. The van der Waals surface area contributed by atoms with Crippen LogP contribution in [0.4, 0.5) is 0 Å². The molecule has 0 fully saturated rings. The van der Waals surface area contributed by atoms with Crippen molar-refractivity contribution in [2.24, 2.45) is 0 Å². The number of allylic oxidation sites excluding steroid dienone is 1. The summed E-state index contributed by atoms with van der Waals surface area (Å²) in [6, 6.07) is 14.8. The zero-order valence-electron chi connectivity index (χ0n) is 16.7. The molecule has 0 unspecified atom stereocenters. The first-order chi connectivity index (χ1) is 14.4. The molecule has 30 heavy (non-hydrogen) atoms. The van der Waals surface area contributed by atoms with E-state index in [9.17, 15) is 4.79 Å². The number of carbonyl (C=O) groups is 1. The third-order valence-electron chi connectivity index (χ3n) is 4.50. The van der Waals surface area contributed by atoms with Gasteiger partial charge in [-0.25, -0.2) is 0 Å². The highest BCUT2D eigenvalue weighted by Gasteiger charge is 2.22. The van der Waals surface area contributed by atoms with Crippen LogP contribution in [0.2, 0.25) is 10.0 Å². The van der Waals surface area contributed by atoms with Crippen LogP contribution in [0.5, 0.6) is 0 Å². The number of nitrogens with zero attached hydrogens (tertiary/aromatic N) is 3. The maximum atomic E-state index is 12.8. The van der Waals surface area contributed by atoms with Gasteiger partial charge in [0, 0.05) is 22.2 Å². The Morgan fingerprint density at radius 3 is 2.60 bits per heavy atom. The molecular weight excluding hydrogens is 439 g/mol. The van der Waals surface area contributed by atoms with Crippen LogP contribution in [0.15, 0.2) is 66.3 Å². The average molecular weight is 461 g/mol. The van der Waals surface area contributed by atoms with Crippen molar-refractivity contribution in [1.29, 1.82) is 0 Å². The molecular formula is C22H22Cl2N4OS. The molecule has 3 rings (SSSR count). The van der Waals surface area contributed by atoms with E-state index in [1.54, 1.807) is 18.2 Å². The highest BCUT2D eigenvalue weighted by Crippen LogP contribution is 2.29. The number of halogens is 2. The van der Waals surface area contributed by atoms with Crippen molar-refractivity contribution < 1.29 is 4.79 Å². The number of hydrogen-bond donors (Lipinski definition) is 1. The van der Waals surface area contributed by atoms with Crippen molar-refractivity contribution in [2.45, 2.75) is 36.8 Å². The van der Waals surface area contributed by atoms with Crippen molar-refractivity contribution in [3.05, 3.63) is 76.8 Å². The summed E-state index contributed by atoms with van der Waals surface area (Å²) in [4.78, 5) is 12.8. The van der Waals surface area contributed by atoms with E-state index in [0.29, 0.717) is 21.7 Å². The zero-order valence-corrected chi connectivity index (χ0v) is 19.0. The van der Waals surface area contributed by atoms with Gasteiger partial charge in [-0.05, 0) is 31.5 Å². The minimum atomic E-state index is -0.380. The molecule has 1 amide bonds. The average Bonchev–Trinajstić information content (AvgIpc) is 3.11. The Hall–Kier alpha value is -2.28. The Morgan fingerprint density at radius 2 is 1.93 bits per heavy atom. The summed E-state index contributed by atoms with van der Waals surface area (Å²) in [6.07, 6.45) is 1.79. The number of nitrogens with one attached hydrogen (secondary N) is 1. The van der Waals surface area contributed by atoms with E-state index in [4.69, 9.17) is 23.2 Å². The molecule has 1 heterocycles. The van der Waals surface area contributed by atoms with Crippen molar-refractivity contribution in [3.63, 3.8) is 0 Å². The lowest BCUT2D eigenvalue weighted by Gasteiger charge is -2.19. The molecule has 0 saturated carbocycles. The molecule has 2 atom stereocenters. The predicted octanol–water partition coefficient (Wildman–Crippen LogP) is 5.80. The van der Waals surface area contributed by atoms with E-state index in [0.717, 1.165) is 17.0 Å². The van der Waals surface area contributed by atoms with Gasteiger partial charge in [-0.3, -0.25) is 9.36 Å². The summed E-state index contributed by atoms with van der Waals surface area (Å²) in [5.41, 5.74) is 1.77. The second-order valence-electron chi connectivity index (χ2n) is 6.73. The second kappa shape index (κ2) is 10.2. The number of benzene rings is 2. The molecule has 5 nitrogen and oxygen atoms in total. The first-order valence-electron chi connectivity index (χ1n) is 9.42. The van der Waals surface area contributed by atoms with E-state index in [-0.39, 0.29) is 17.2 Å². The molecule has 0 aliphatic rings. The molecule has 0 radical (unpaired) electrons. The van der Waals surface area contributed by atoms with Crippen LogP contribution in [0, 0.1) is 0 Å². The lowest BCUT2D eigenvalue weighted by molar-refractivity contribution is -0.120. The molecule has 0 aliphatic heterocycles. The van der Waals surface area contributed by atoms with Gasteiger partial charge >= 0.3 is 0 Å².